The van der Waals surface area contributed by atoms with Crippen molar-refractivity contribution in [1.29, 1.82) is 0 Å². The Kier molecular flexibility index (Phi) is 4.06. The van der Waals surface area contributed by atoms with E-state index in [-0.39, 0.29) is 17.6 Å². The molecule has 0 saturated carbocycles. The van der Waals surface area contributed by atoms with Crippen molar-refractivity contribution in [2.75, 3.05) is 23.5 Å². The largest absolute Gasteiger partial charge is 0.454 e. The van der Waals surface area contributed by atoms with Gasteiger partial charge in [0.2, 0.25) is 12.7 Å². The van der Waals surface area contributed by atoms with Gasteiger partial charge in [0.15, 0.2) is 11.5 Å². The van der Waals surface area contributed by atoms with E-state index in [2.05, 4.69) is 4.72 Å². The molecule has 0 saturated heterocycles. The highest BCUT2D eigenvalue weighted by atomic mass is 32.2. The van der Waals surface area contributed by atoms with Crippen molar-refractivity contribution in [3.05, 3.63) is 42.5 Å². The molecule has 1 amide bonds. The van der Waals surface area contributed by atoms with Gasteiger partial charge in [-0.3, -0.25) is 9.52 Å². The highest BCUT2D eigenvalue weighted by Crippen LogP contribution is 2.34. The molecule has 0 fully saturated rings. The van der Waals surface area contributed by atoms with E-state index >= 15 is 0 Å². The first kappa shape index (κ1) is 16.1. The Bertz CT molecular complexity index is 878. The molecule has 8 heteroatoms. The fraction of sp³-hybridized carbons (Fsp3) is 0.188. The average Bonchev–Trinajstić information content (AvgIpc) is 3.01. The van der Waals surface area contributed by atoms with Gasteiger partial charge in [0, 0.05) is 25.7 Å². The SMILES string of the molecule is CC(=O)N(C)c1ccc(S(=O)(=O)Nc2ccc3c(c2)OCO3)cc1. The topological polar surface area (TPSA) is 84.9 Å². The van der Waals surface area contributed by atoms with Crippen LogP contribution >= 0.6 is 0 Å². The number of ether oxygens (including phenoxy) is 2. The predicted octanol–water partition coefficient (Wildman–Crippen LogP) is 2.20. The second-order valence-electron chi connectivity index (χ2n) is 5.25. The Hall–Kier alpha value is -2.74. The van der Waals surface area contributed by atoms with Crippen LogP contribution in [0.25, 0.3) is 0 Å². The predicted molar refractivity (Wildman–Crippen MR) is 88.9 cm³/mol. The number of hydrogen-bond acceptors (Lipinski definition) is 5. The number of carbonyl (C=O) groups is 1. The number of nitrogens with zero attached hydrogens (tertiary/aromatic N) is 1. The Morgan fingerprint density at radius 1 is 1.08 bits per heavy atom. The van der Waals surface area contributed by atoms with Gasteiger partial charge in [0.1, 0.15) is 0 Å². The Morgan fingerprint density at radius 2 is 1.75 bits per heavy atom. The molecule has 0 aliphatic carbocycles. The summed E-state index contributed by atoms with van der Waals surface area (Å²) in [5.41, 5.74) is 0.994. The molecule has 0 atom stereocenters. The fourth-order valence-corrected chi connectivity index (χ4v) is 3.25. The molecular weight excluding hydrogens is 332 g/mol. The number of anilines is 2. The van der Waals surface area contributed by atoms with Crippen LogP contribution < -0.4 is 19.1 Å². The van der Waals surface area contributed by atoms with Gasteiger partial charge in [0.05, 0.1) is 10.6 Å². The molecule has 7 nitrogen and oxygen atoms in total. The minimum atomic E-state index is -3.74. The Balaban J connectivity index is 1.81. The molecule has 0 spiro atoms. The van der Waals surface area contributed by atoms with Crippen molar-refractivity contribution in [2.45, 2.75) is 11.8 Å². The molecule has 0 bridgehead atoms. The molecule has 0 radical (unpaired) electrons. The van der Waals surface area contributed by atoms with Crippen LogP contribution in [-0.2, 0) is 14.8 Å². The average molecular weight is 348 g/mol. The first-order valence-electron chi connectivity index (χ1n) is 7.14. The van der Waals surface area contributed by atoms with Crippen LogP contribution in [-0.4, -0.2) is 28.2 Å². The Labute approximate surface area is 139 Å². The van der Waals surface area contributed by atoms with Crippen LogP contribution in [0.4, 0.5) is 11.4 Å². The third kappa shape index (κ3) is 3.13. The number of rotatable bonds is 4. The molecule has 0 unspecified atom stereocenters. The summed E-state index contributed by atoms with van der Waals surface area (Å²) in [6.07, 6.45) is 0. The van der Waals surface area contributed by atoms with E-state index < -0.39 is 10.0 Å². The second kappa shape index (κ2) is 6.04. The zero-order valence-electron chi connectivity index (χ0n) is 13.1. The maximum absolute atomic E-state index is 12.5. The van der Waals surface area contributed by atoms with Crippen LogP contribution in [0.15, 0.2) is 47.4 Å². The van der Waals surface area contributed by atoms with Crippen LogP contribution in [0, 0.1) is 0 Å². The van der Waals surface area contributed by atoms with Gasteiger partial charge in [-0.05, 0) is 36.4 Å². The summed E-state index contributed by atoms with van der Waals surface area (Å²) in [5.74, 6) is 0.937. The van der Waals surface area contributed by atoms with E-state index in [0.717, 1.165) is 0 Å². The van der Waals surface area contributed by atoms with E-state index in [0.29, 0.717) is 22.9 Å². The summed E-state index contributed by atoms with van der Waals surface area (Å²) in [7, 11) is -2.12. The lowest BCUT2D eigenvalue weighted by Crippen LogP contribution is -2.22. The summed E-state index contributed by atoms with van der Waals surface area (Å²) < 4.78 is 37.8. The van der Waals surface area contributed by atoms with E-state index in [4.69, 9.17) is 9.47 Å². The van der Waals surface area contributed by atoms with Crippen LogP contribution in [0.1, 0.15) is 6.92 Å². The Morgan fingerprint density at radius 3 is 2.42 bits per heavy atom. The maximum atomic E-state index is 12.5. The zero-order chi connectivity index (χ0) is 17.3. The fourth-order valence-electron chi connectivity index (χ4n) is 2.20. The van der Waals surface area contributed by atoms with Gasteiger partial charge >= 0.3 is 0 Å². The van der Waals surface area contributed by atoms with E-state index in [1.165, 1.54) is 24.0 Å². The molecule has 2 aromatic carbocycles. The van der Waals surface area contributed by atoms with Crippen molar-refractivity contribution >= 4 is 27.3 Å². The molecule has 0 aromatic heterocycles. The lowest BCUT2D eigenvalue weighted by molar-refractivity contribution is -0.116. The number of hydrogen-bond donors (Lipinski definition) is 1. The first-order valence-corrected chi connectivity index (χ1v) is 8.62. The number of benzene rings is 2. The third-order valence-electron chi connectivity index (χ3n) is 3.63. The summed E-state index contributed by atoms with van der Waals surface area (Å²) in [6, 6.07) is 10.9. The molecule has 3 rings (SSSR count). The standard InChI is InChI=1S/C16H16N2O5S/c1-11(19)18(2)13-4-6-14(7-5-13)24(20,21)17-12-3-8-15-16(9-12)23-10-22-15/h3-9,17H,10H2,1-2H3. The van der Waals surface area contributed by atoms with Crippen molar-refractivity contribution in [1.82, 2.24) is 0 Å². The lowest BCUT2D eigenvalue weighted by Gasteiger charge is -2.15. The van der Waals surface area contributed by atoms with Gasteiger partial charge in [-0.25, -0.2) is 8.42 Å². The van der Waals surface area contributed by atoms with Crippen molar-refractivity contribution < 1.29 is 22.7 Å². The lowest BCUT2D eigenvalue weighted by atomic mass is 10.3. The van der Waals surface area contributed by atoms with Crippen LogP contribution in [0.2, 0.25) is 0 Å². The minimum Gasteiger partial charge on any atom is -0.454 e. The number of nitrogens with one attached hydrogen (secondary N) is 1. The highest BCUT2D eigenvalue weighted by Gasteiger charge is 2.18. The summed E-state index contributed by atoms with van der Waals surface area (Å²) in [6.45, 7) is 1.56. The monoisotopic (exact) mass is 348 g/mol. The molecular formula is C16H16N2O5S. The molecule has 1 heterocycles. The van der Waals surface area contributed by atoms with Crippen LogP contribution in [0.5, 0.6) is 11.5 Å². The molecule has 2 aromatic rings. The molecule has 126 valence electrons. The van der Waals surface area contributed by atoms with Gasteiger partial charge in [0.25, 0.3) is 10.0 Å². The minimum absolute atomic E-state index is 0.0980. The number of fused-ring (bicyclic) bond motifs is 1. The second-order valence-corrected chi connectivity index (χ2v) is 6.93. The zero-order valence-corrected chi connectivity index (χ0v) is 14.0. The quantitative estimate of drug-likeness (QED) is 0.915. The highest BCUT2D eigenvalue weighted by molar-refractivity contribution is 7.92. The number of amides is 1. The molecule has 1 N–H and O–H groups in total. The molecule has 1 aliphatic heterocycles. The summed E-state index contributed by atoms with van der Waals surface area (Å²) >= 11 is 0. The molecule has 24 heavy (non-hydrogen) atoms. The van der Waals surface area contributed by atoms with Gasteiger partial charge < -0.3 is 14.4 Å². The van der Waals surface area contributed by atoms with E-state index in [9.17, 15) is 13.2 Å². The third-order valence-corrected chi connectivity index (χ3v) is 5.03. The normalized spacial score (nSPS) is 12.8. The number of carbonyl (C=O) groups excluding carboxylic acids is 1. The number of sulfonamides is 1. The first-order chi connectivity index (χ1) is 11.4. The van der Waals surface area contributed by atoms with Crippen LogP contribution in [0.3, 0.4) is 0 Å². The summed E-state index contributed by atoms with van der Waals surface area (Å²) in [5, 5.41) is 0. The smallest absolute Gasteiger partial charge is 0.261 e. The van der Waals surface area contributed by atoms with Crippen molar-refractivity contribution in [3.8, 4) is 11.5 Å². The molecule has 1 aliphatic rings. The van der Waals surface area contributed by atoms with E-state index in [1.807, 2.05) is 0 Å². The summed E-state index contributed by atoms with van der Waals surface area (Å²) in [4.78, 5) is 12.9. The maximum Gasteiger partial charge on any atom is 0.261 e. The van der Waals surface area contributed by atoms with Gasteiger partial charge in [-0.2, -0.15) is 0 Å². The van der Waals surface area contributed by atoms with Gasteiger partial charge in [-0.15, -0.1) is 0 Å². The van der Waals surface area contributed by atoms with Crippen molar-refractivity contribution in [3.63, 3.8) is 0 Å². The van der Waals surface area contributed by atoms with Gasteiger partial charge in [-0.1, -0.05) is 0 Å². The van der Waals surface area contributed by atoms with Crippen molar-refractivity contribution in [2.24, 2.45) is 0 Å². The van der Waals surface area contributed by atoms with E-state index in [1.54, 1.807) is 37.4 Å².